The summed E-state index contributed by atoms with van der Waals surface area (Å²) < 4.78 is 19.6. The first kappa shape index (κ1) is 13.8. The predicted octanol–water partition coefficient (Wildman–Crippen LogP) is 2.85. The molecular weight excluding hydrogens is 255 g/mol. The van der Waals surface area contributed by atoms with E-state index in [1.165, 1.54) is 18.6 Å². The lowest BCUT2D eigenvalue weighted by atomic mass is 9.81. The van der Waals surface area contributed by atoms with Crippen molar-refractivity contribution in [3.05, 3.63) is 29.6 Å². The zero-order chi connectivity index (χ0) is 14.2. The quantitative estimate of drug-likeness (QED) is 0.904. The van der Waals surface area contributed by atoms with Crippen LogP contribution in [-0.2, 0) is 0 Å². The van der Waals surface area contributed by atoms with Crippen LogP contribution in [0.1, 0.15) is 44.2 Å². The summed E-state index contributed by atoms with van der Waals surface area (Å²) in [4.78, 5) is 2.49. The van der Waals surface area contributed by atoms with Gasteiger partial charge in [0.25, 0.3) is 0 Å². The molecule has 0 aliphatic carbocycles. The first-order valence-corrected chi connectivity index (χ1v) is 7.58. The number of rotatable bonds is 2. The lowest BCUT2D eigenvalue weighted by molar-refractivity contribution is -0.0217. The second kappa shape index (κ2) is 5.34. The van der Waals surface area contributed by atoms with Crippen molar-refractivity contribution >= 4 is 0 Å². The van der Waals surface area contributed by atoms with Crippen LogP contribution < -0.4 is 10.5 Å². The van der Waals surface area contributed by atoms with Gasteiger partial charge in [-0.25, -0.2) is 4.39 Å². The van der Waals surface area contributed by atoms with Crippen molar-refractivity contribution in [3.63, 3.8) is 0 Å². The van der Waals surface area contributed by atoms with Crippen molar-refractivity contribution in [2.75, 3.05) is 19.6 Å². The van der Waals surface area contributed by atoms with E-state index in [9.17, 15) is 4.39 Å². The molecule has 2 aliphatic heterocycles. The molecule has 1 aromatic rings. The van der Waals surface area contributed by atoms with Crippen molar-refractivity contribution in [2.45, 2.75) is 44.2 Å². The van der Waals surface area contributed by atoms with Gasteiger partial charge in [-0.05, 0) is 44.0 Å². The Balaban J connectivity index is 1.76. The number of likely N-dealkylation sites (tertiary alicyclic amines) is 1. The van der Waals surface area contributed by atoms with Gasteiger partial charge in [-0.3, -0.25) is 0 Å². The van der Waals surface area contributed by atoms with E-state index >= 15 is 0 Å². The van der Waals surface area contributed by atoms with Gasteiger partial charge in [0.05, 0.1) is 0 Å². The Labute approximate surface area is 119 Å². The van der Waals surface area contributed by atoms with Crippen LogP contribution >= 0.6 is 0 Å². The average molecular weight is 278 g/mol. The molecule has 4 heteroatoms. The number of nitrogens with zero attached hydrogens (tertiary/aromatic N) is 1. The lowest BCUT2D eigenvalue weighted by Crippen LogP contribution is -2.51. The summed E-state index contributed by atoms with van der Waals surface area (Å²) in [7, 11) is 0. The summed E-state index contributed by atoms with van der Waals surface area (Å²) in [6.45, 7) is 5.50. The van der Waals surface area contributed by atoms with Gasteiger partial charge in [0.15, 0.2) is 0 Å². The Morgan fingerprint density at radius 2 is 2.15 bits per heavy atom. The maximum atomic E-state index is 13.3. The highest BCUT2D eigenvalue weighted by Gasteiger charge is 2.42. The Hall–Kier alpha value is -1.13. The van der Waals surface area contributed by atoms with E-state index < -0.39 is 0 Å². The number of piperidine rings is 1. The maximum absolute atomic E-state index is 13.3. The van der Waals surface area contributed by atoms with Crippen molar-refractivity contribution in [2.24, 2.45) is 5.73 Å². The highest BCUT2D eigenvalue weighted by molar-refractivity contribution is 5.39. The fourth-order valence-corrected chi connectivity index (χ4v) is 3.49. The SMILES string of the molecule is CCCN1CCC2(CC1)CC(N)c1cc(F)ccc1O2. The van der Waals surface area contributed by atoms with Gasteiger partial charge >= 0.3 is 0 Å². The summed E-state index contributed by atoms with van der Waals surface area (Å²) in [5.41, 5.74) is 6.92. The Morgan fingerprint density at radius 3 is 2.85 bits per heavy atom. The molecule has 1 spiro atoms. The van der Waals surface area contributed by atoms with E-state index in [4.69, 9.17) is 10.5 Å². The van der Waals surface area contributed by atoms with E-state index in [1.54, 1.807) is 6.07 Å². The first-order valence-electron chi connectivity index (χ1n) is 7.58. The number of ether oxygens (including phenoxy) is 1. The van der Waals surface area contributed by atoms with Gasteiger partial charge in [0, 0.05) is 31.1 Å². The normalized spacial score (nSPS) is 25.2. The summed E-state index contributed by atoms with van der Waals surface area (Å²) in [6, 6.07) is 4.58. The fraction of sp³-hybridized carbons (Fsp3) is 0.625. The third-order valence-electron chi connectivity index (χ3n) is 4.60. The van der Waals surface area contributed by atoms with Gasteiger partial charge in [0.2, 0.25) is 0 Å². The number of nitrogens with two attached hydrogens (primary N) is 1. The van der Waals surface area contributed by atoms with Crippen LogP contribution in [0.15, 0.2) is 18.2 Å². The average Bonchev–Trinajstić information content (AvgIpc) is 2.43. The number of hydrogen-bond acceptors (Lipinski definition) is 3. The summed E-state index contributed by atoms with van der Waals surface area (Å²) in [5, 5.41) is 0. The Morgan fingerprint density at radius 1 is 1.40 bits per heavy atom. The highest BCUT2D eigenvalue weighted by atomic mass is 19.1. The van der Waals surface area contributed by atoms with Gasteiger partial charge in [-0.15, -0.1) is 0 Å². The molecule has 0 bridgehead atoms. The molecule has 2 aliphatic rings. The molecule has 3 nitrogen and oxygen atoms in total. The topological polar surface area (TPSA) is 38.5 Å². The number of fused-ring (bicyclic) bond motifs is 1. The highest BCUT2D eigenvalue weighted by Crippen LogP contribution is 2.43. The molecule has 1 saturated heterocycles. The maximum Gasteiger partial charge on any atom is 0.125 e. The van der Waals surface area contributed by atoms with E-state index in [1.807, 2.05) is 0 Å². The minimum Gasteiger partial charge on any atom is -0.487 e. The second-order valence-corrected chi connectivity index (χ2v) is 6.12. The van der Waals surface area contributed by atoms with Crippen molar-refractivity contribution in [3.8, 4) is 5.75 Å². The van der Waals surface area contributed by atoms with Crippen LogP contribution in [0, 0.1) is 5.82 Å². The lowest BCUT2D eigenvalue weighted by Gasteiger charge is -2.46. The van der Waals surface area contributed by atoms with Crippen LogP contribution in [-0.4, -0.2) is 30.1 Å². The number of hydrogen-bond donors (Lipinski definition) is 1. The summed E-state index contributed by atoms with van der Waals surface area (Å²) >= 11 is 0. The van der Waals surface area contributed by atoms with Gasteiger partial charge in [-0.2, -0.15) is 0 Å². The molecule has 1 atom stereocenters. The zero-order valence-electron chi connectivity index (χ0n) is 12.1. The van der Waals surface area contributed by atoms with E-state index in [0.29, 0.717) is 0 Å². The second-order valence-electron chi connectivity index (χ2n) is 6.12. The third-order valence-corrected chi connectivity index (χ3v) is 4.60. The Kier molecular flexibility index (Phi) is 3.69. The predicted molar refractivity (Wildman–Crippen MR) is 77.3 cm³/mol. The monoisotopic (exact) mass is 278 g/mol. The molecule has 2 N–H and O–H groups in total. The van der Waals surface area contributed by atoms with Gasteiger partial charge < -0.3 is 15.4 Å². The molecule has 0 aromatic heterocycles. The minimum atomic E-state index is -0.239. The molecular formula is C16H23FN2O. The molecule has 1 aromatic carbocycles. The zero-order valence-corrected chi connectivity index (χ0v) is 12.1. The van der Waals surface area contributed by atoms with Crippen LogP contribution in [0.25, 0.3) is 0 Å². The number of benzene rings is 1. The van der Waals surface area contributed by atoms with Crippen molar-refractivity contribution < 1.29 is 9.13 Å². The molecule has 110 valence electrons. The largest absolute Gasteiger partial charge is 0.487 e. The van der Waals surface area contributed by atoms with Crippen LogP contribution in [0.2, 0.25) is 0 Å². The molecule has 0 amide bonds. The molecule has 1 fully saturated rings. The number of halogens is 1. The Bertz CT molecular complexity index is 483. The fourth-order valence-electron chi connectivity index (χ4n) is 3.49. The van der Waals surface area contributed by atoms with Crippen molar-refractivity contribution in [1.29, 1.82) is 0 Å². The summed E-state index contributed by atoms with van der Waals surface area (Å²) in [6.07, 6.45) is 4.01. The molecule has 0 radical (unpaired) electrons. The molecule has 1 unspecified atom stereocenters. The van der Waals surface area contributed by atoms with E-state index in [0.717, 1.165) is 50.2 Å². The van der Waals surface area contributed by atoms with Gasteiger partial charge in [-0.1, -0.05) is 6.92 Å². The molecule has 20 heavy (non-hydrogen) atoms. The van der Waals surface area contributed by atoms with Crippen molar-refractivity contribution in [1.82, 2.24) is 4.90 Å². The van der Waals surface area contributed by atoms with E-state index in [-0.39, 0.29) is 17.5 Å². The van der Waals surface area contributed by atoms with Crippen LogP contribution in [0.3, 0.4) is 0 Å². The third kappa shape index (κ3) is 2.54. The van der Waals surface area contributed by atoms with Crippen LogP contribution in [0.4, 0.5) is 4.39 Å². The van der Waals surface area contributed by atoms with E-state index in [2.05, 4.69) is 11.8 Å². The van der Waals surface area contributed by atoms with Crippen LogP contribution in [0.5, 0.6) is 5.75 Å². The minimum absolute atomic E-state index is 0.118. The standard InChI is InChI=1S/C16H23FN2O/c1-2-7-19-8-5-16(6-9-19)11-14(18)13-10-12(17)3-4-15(13)20-16/h3-4,10,14H,2,5-9,11,18H2,1H3. The first-order chi connectivity index (χ1) is 9.62. The summed E-state index contributed by atoms with van der Waals surface area (Å²) in [5.74, 6) is 0.533. The molecule has 2 heterocycles. The van der Waals surface area contributed by atoms with Gasteiger partial charge in [0.1, 0.15) is 17.2 Å². The smallest absolute Gasteiger partial charge is 0.125 e. The molecule has 3 rings (SSSR count). The molecule has 0 saturated carbocycles.